The van der Waals surface area contributed by atoms with Gasteiger partial charge in [-0.15, -0.1) is 0 Å². The Kier molecular flexibility index (Phi) is 4.70. The van der Waals surface area contributed by atoms with Crippen LogP contribution in [0.25, 0.3) is 6.08 Å². The number of halogens is 1. The predicted molar refractivity (Wildman–Crippen MR) is 64.2 cm³/mol. The van der Waals surface area contributed by atoms with Gasteiger partial charge in [0.05, 0.1) is 5.71 Å². The Morgan fingerprint density at radius 1 is 1.38 bits per heavy atom. The Morgan fingerprint density at radius 2 is 2.00 bits per heavy atom. The number of hydrogen-bond acceptors (Lipinski definition) is 2. The maximum absolute atomic E-state index is 12.7. The van der Waals surface area contributed by atoms with Gasteiger partial charge in [-0.25, -0.2) is 4.39 Å². The first kappa shape index (κ1) is 12.4. The van der Waals surface area contributed by atoms with Crippen molar-refractivity contribution in [1.82, 2.24) is 0 Å². The molecule has 0 aromatic heterocycles. The molecule has 3 heteroatoms. The van der Waals surface area contributed by atoms with Gasteiger partial charge in [-0.05, 0) is 36.6 Å². The van der Waals surface area contributed by atoms with Crippen LogP contribution in [0, 0.1) is 5.82 Å². The molecule has 0 aliphatic rings. The summed E-state index contributed by atoms with van der Waals surface area (Å²) in [5.74, 6) is -0.251. The Bertz CT molecular complexity index is 393. The molecule has 0 heterocycles. The molecule has 1 rings (SSSR count). The van der Waals surface area contributed by atoms with E-state index in [1.807, 2.05) is 19.9 Å². The van der Waals surface area contributed by atoms with E-state index in [0.717, 1.165) is 24.0 Å². The lowest BCUT2D eigenvalue weighted by molar-refractivity contribution is 0.318. The van der Waals surface area contributed by atoms with Crippen molar-refractivity contribution in [2.75, 3.05) is 0 Å². The molecule has 0 aliphatic heterocycles. The summed E-state index contributed by atoms with van der Waals surface area (Å²) in [6.07, 6.45) is 3.54. The van der Waals surface area contributed by atoms with E-state index in [2.05, 4.69) is 5.16 Å². The van der Waals surface area contributed by atoms with Gasteiger partial charge in [0.25, 0.3) is 0 Å². The van der Waals surface area contributed by atoms with Crippen LogP contribution in [0.3, 0.4) is 0 Å². The van der Waals surface area contributed by atoms with Crippen LogP contribution >= 0.6 is 0 Å². The van der Waals surface area contributed by atoms with Crippen molar-refractivity contribution >= 4 is 11.8 Å². The summed E-state index contributed by atoms with van der Waals surface area (Å²) in [5, 5.41) is 12.1. The SMILES string of the molecule is CCCC(=N\O)/C(C)=C/c1ccc(F)cc1. The van der Waals surface area contributed by atoms with Gasteiger partial charge >= 0.3 is 0 Å². The minimum absolute atomic E-state index is 0.251. The van der Waals surface area contributed by atoms with E-state index in [9.17, 15) is 4.39 Å². The molecule has 0 saturated heterocycles. The third-order valence-corrected chi connectivity index (χ3v) is 2.32. The molecule has 1 N–H and O–H groups in total. The third-order valence-electron chi connectivity index (χ3n) is 2.32. The topological polar surface area (TPSA) is 32.6 Å². The van der Waals surface area contributed by atoms with E-state index in [4.69, 9.17) is 5.21 Å². The first-order chi connectivity index (χ1) is 7.67. The minimum Gasteiger partial charge on any atom is -0.411 e. The minimum atomic E-state index is -0.251. The molecule has 0 amide bonds. The monoisotopic (exact) mass is 221 g/mol. The molecule has 2 nitrogen and oxygen atoms in total. The number of hydrogen-bond donors (Lipinski definition) is 1. The molecule has 16 heavy (non-hydrogen) atoms. The van der Waals surface area contributed by atoms with Crippen molar-refractivity contribution in [1.29, 1.82) is 0 Å². The van der Waals surface area contributed by atoms with Crippen molar-refractivity contribution in [3.8, 4) is 0 Å². The van der Waals surface area contributed by atoms with Gasteiger partial charge < -0.3 is 5.21 Å². The quantitative estimate of drug-likeness (QED) is 0.467. The highest BCUT2D eigenvalue weighted by Crippen LogP contribution is 2.11. The molecule has 0 unspecified atom stereocenters. The van der Waals surface area contributed by atoms with Crippen molar-refractivity contribution in [3.63, 3.8) is 0 Å². The largest absolute Gasteiger partial charge is 0.411 e. The summed E-state index contributed by atoms with van der Waals surface area (Å²) in [7, 11) is 0. The van der Waals surface area contributed by atoms with Gasteiger partial charge in [-0.3, -0.25) is 0 Å². The Labute approximate surface area is 95.1 Å². The van der Waals surface area contributed by atoms with E-state index in [1.54, 1.807) is 12.1 Å². The van der Waals surface area contributed by atoms with Crippen LogP contribution in [0.1, 0.15) is 32.3 Å². The lowest BCUT2D eigenvalue weighted by Crippen LogP contribution is -1.99. The van der Waals surface area contributed by atoms with Crippen LogP contribution in [-0.4, -0.2) is 10.9 Å². The number of allylic oxidation sites excluding steroid dienone is 1. The van der Waals surface area contributed by atoms with Crippen molar-refractivity contribution in [2.45, 2.75) is 26.7 Å². The van der Waals surface area contributed by atoms with Crippen molar-refractivity contribution < 1.29 is 9.60 Å². The lowest BCUT2D eigenvalue weighted by atomic mass is 10.0. The second-order valence-electron chi connectivity index (χ2n) is 3.68. The lowest BCUT2D eigenvalue weighted by Gasteiger charge is -2.03. The van der Waals surface area contributed by atoms with E-state index < -0.39 is 0 Å². The summed E-state index contributed by atoms with van der Waals surface area (Å²) in [5.41, 5.74) is 2.47. The first-order valence-electron chi connectivity index (χ1n) is 5.32. The van der Waals surface area contributed by atoms with Gasteiger partial charge in [0.2, 0.25) is 0 Å². The molecular formula is C13H16FNO. The van der Waals surface area contributed by atoms with E-state index >= 15 is 0 Å². The molecule has 0 bridgehead atoms. The fraction of sp³-hybridized carbons (Fsp3) is 0.308. The average Bonchev–Trinajstić information content (AvgIpc) is 2.29. The van der Waals surface area contributed by atoms with Gasteiger partial charge in [0.15, 0.2) is 0 Å². The molecule has 0 aliphatic carbocycles. The van der Waals surface area contributed by atoms with Crippen LogP contribution < -0.4 is 0 Å². The number of benzene rings is 1. The fourth-order valence-corrected chi connectivity index (χ4v) is 1.46. The second kappa shape index (κ2) is 6.05. The molecule has 0 fully saturated rings. The van der Waals surface area contributed by atoms with Crippen LogP contribution in [0.2, 0.25) is 0 Å². The molecule has 0 atom stereocenters. The summed E-state index contributed by atoms with van der Waals surface area (Å²) >= 11 is 0. The van der Waals surface area contributed by atoms with Crippen molar-refractivity contribution in [3.05, 3.63) is 41.2 Å². The summed E-state index contributed by atoms with van der Waals surface area (Å²) in [4.78, 5) is 0. The van der Waals surface area contributed by atoms with Gasteiger partial charge in [-0.1, -0.05) is 36.7 Å². The Morgan fingerprint density at radius 3 is 2.50 bits per heavy atom. The average molecular weight is 221 g/mol. The highest BCUT2D eigenvalue weighted by molar-refractivity contribution is 6.02. The highest BCUT2D eigenvalue weighted by Gasteiger charge is 2.01. The Hall–Kier alpha value is -1.64. The highest BCUT2D eigenvalue weighted by atomic mass is 19.1. The first-order valence-corrected chi connectivity index (χ1v) is 5.32. The fourth-order valence-electron chi connectivity index (χ4n) is 1.46. The van der Waals surface area contributed by atoms with Crippen LogP contribution in [0.4, 0.5) is 4.39 Å². The smallest absolute Gasteiger partial charge is 0.123 e. The normalized spacial score (nSPS) is 12.9. The van der Waals surface area contributed by atoms with Gasteiger partial charge in [0.1, 0.15) is 5.82 Å². The molecule has 0 radical (unpaired) electrons. The molecule has 0 spiro atoms. The number of oxime groups is 1. The molecule has 1 aromatic carbocycles. The maximum atomic E-state index is 12.7. The van der Waals surface area contributed by atoms with Crippen LogP contribution in [-0.2, 0) is 0 Å². The molecular weight excluding hydrogens is 205 g/mol. The second-order valence-corrected chi connectivity index (χ2v) is 3.68. The predicted octanol–water partition coefficient (Wildman–Crippen LogP) is 3.86. The van der Waals surface area contributed by atoms with Crippen LogP contribution in [0.15, 0.2) is 35.0 Å². The Balaban J connectivity index is 2.87. The van der Waals surface area contributed by atoms with Crippen LogP contribution in [0.5, 0.6) is 0 Å². The van der Waals surface area contributed by atoms with E-state index in [-0.39, 0.29) is 5.82 Å². The summed E-state index contributed by atoms with van der Waals surface area (Å²) in [6, 6.07) is 6.21. The zero-order valence-corrected chi connectivity index (χ0v) is 9.57. The zero-order chi connectivity index (χ0) is 12.0. The van der Waals surface area contributed by atoms with E-state index in [0.29, 0.717) is 5.71 Å². The standard InChI is InChI=1S/C13H16FNO/c1-3-4-13(15-16)10(2)9-11-5-7-12(14)8-6-11/h5-9,16H,3-4H2,1-2H3/b10-9+,15-13+. The van der Waals surface area contributed by atoms with Gasteiger partial charge in [0, 0.05) is 0 Å². The van der Waals surface area contributed by atoms with Crippen molar-refractivity contribution in [2.24, 2.45) is 5.16 Å². The maximum Gasteiger partial charge on any atom is 0.123 e. The third kappa shape index (κ3) is 3.50. The zero-order valence-electron chi connectivity index (χ0n) is 9.57. The van der Waals surface area contributed by atoms with E-state index in [1.165, 1.54) is 12.1 Å². The summed E-state index contributed by atoms with van der Waals surface area (Å²) < 4.78 is 12.7. The summed E-state index contributed by atoms with van der Waals surface area (Å²) in [6.45, 7) is 3.91. The molecule has 1 aromatic rings. The number of nitrogens with zero attached hydrogens (tertiary/aromatic N) is 1. The molecule has 0 saturated carbocycles. The number of rotatable bonds is 4. The van der Waals surface area contributed by atoms with Gasteiger partial charge in [-0.2, -0.15) is 0 Å². The molecule has 86 valence electrons.